The number of allylic oxidation sites excluding steroid dienone is 4. The summed E-state index contributed by atoms with van der Waals surface area (Å²) in [5.41, 5.74) is 0. The number of carbonyl (C=O) groups is 2. The number of hydrogen-bond acceptors (Lipinski definition) is 4. The maximum atomic E-state index is 11.3. The van der Waals surface area contributed by atoms with Crippen molar-refractivity contribution in [1.29, 1.82) is 0 Å². The van der Waals surface area contributed by atoms with Crippen molar-refractivity contribution in [2.75, 3.05) is 0 Å². The molecule has 0 aromatic rings. The zero-order chi connectivity index (χ0) is 12.9. The van der Waals surface area contributed by atoms with Gasteiger partial charge in [-0.1, -0.05) is 13.2 Å². The first-order valence-electron chi connectivity index (χ1n) is 4.68. The Hall–Kier alpha value is -1.84. The molecule has 88 valence electrons. The SMILES string of the molecule is C=C(C)O/C(C(C)=O)=C(\OC(=C)C)C(C)=O. The molecule has 0 aliphatic heterocycles. The number of ether oxygens (including phenoxy) is 2. The van der Waals surface area contributed by atoms with Gasteiger partial charge >= 0.3 is 0 Å². The van der Waals surface area contributed by atoms with Crippen LogP contribution >= 0.6 is 0 Å². The highest BCUT2D eigenvalue weighted by molar-refractivity contribution is 6.02. The summed E-state index contributed by atoms with van der Waals surface area (Å²) in [5.74, 6) is -0.515. The molecule has 0 saturated carbocycles. The van der Waals surface area contributed by atoms with Crippen LogP contribution in [0.1, 0.15) is 27.7 Å². The first-order valence-corrected chi connectivity index (χ1v) is 4.68. The fourth-order valence-corrected chi connectivity index (χ4v) is 0.905. The summed E-state index contributed by atoms with van der Waals surface area (Å²) in [6, 6.07) is 0. The molecule has 0 aliphatic carbocycles. The molecule has 0 aromatic heterocycles. The Morgan fingerprint density at radius 2 is 1.00 bits per heavy atom. The minimum absolute atomic E-state index is 0.150. The van der Waals surface area contributed by atoms with Crippen molar-refractivity contribution >= 4 is 11.6 Å². The van der Waals surface area contributed by atoms with Crippen LogP contribution < -0.4 is 0 Å². The van der Waals surface area contributed by atoms with Gasteiger partial charge in [0.05, 0.1) is 11.5 Å². The molecule has 4 nitrogen and oxygen atoms in total. The van der Waals surface area contributed by atoms with Crippen LogP contribution in [0.25, 0.3) is 0 Å². The summed E-state index contributed by atoms with van der Waals surface area (Å²) in [4.78, 5) is 22.6. The lowest BCUT2D eigenvalue weighted by Gasteiger charge is -2.12. The zero-order valence-electron chi connectivity index (χ0n) is 10.0. The Bertz CT molecular complexity index is 338. The number of rotatable bonds is 6. The molecule has 0 fully saturated rings. The van der Waals surface area contributed by atoms with Gasteiger partial charge in [0.2, 0.25) is 11.5 Å². The van der Waals surface area contributed by atoms with Crippen molar-refractivity contribution in [3.8, 4) is 0 Å². The first-order chi connectivity index (χ1) is 7.25. The van der Waals surface area contributed by atoms with E-state index in [2.05, 4.69) is 13.2 Å². The van der Waals surface area contributed by atoms with Crippen LogP contribution in [0.2, 0.25) is 0 Å². The molecular formula is C12H16O4. The molecule has 0 amide bonds. The smallest absolute Gasteiger partial charge is 0.215 e. The fraction of sp³-hybridized carbons (Fsp3) is 0.333. The molecule has 0 saturated heterocycles. The van der Waals surface area contributed by atoms with Gasteiger partial charge in [0, 0.05) is 13.8 Å². The van der Waals surface area contributed by atoms with Crippen molar-refractivity contribution in [2.45, 2.75) is 27.7 Å². The van der Waals surface area contributed by atoms with Crippen LogP contribution in [0.5, 0.6) is 0 Å². The second-order valence-corrected chi connectivity index (χ2v) is 3.38. The number of ketones is 2. The van der Waals surface area contributed by atoms with E-state index in [1.165, 1.54) is 13.8 Å². The van der Waals surface area contributed by atoms with Crippen molar-refractivity contribution < 1.29 is 19.1 Å². The minimum Gasteiger partial charge on any atom is -0.455 e. The lowest BCUT2D eigenvalue weighted by molar-refractivity contribution is -0.120. The third-order valence-electron chi connectivity index (χ3n) is 1.40. The van der Waals surface area contributed by atoms with E-state index >= 15 is 0 Å². The summed E-state index contributed by atoms with van der Waals surface area (Å²) in [6.07, 6.45) is 0. The zero-order valence-corrected chi connectivity index (χ0v) is 10.0. The van der Waals surface area contributed by atoms with Gasteiger partial charge in [0.1, 0.15) is 0 Å². The lowest BCUT2D eigenvalue weighted by atomic mass is 10.2. The van der Waals surface area contributed by atoms with E-state index in [9.17, 15) is 9.59 Å². The summed E-state index contributed by atoms with van der Waals surface area (Å²) in [6.45, 7) is 12.7. The van der Waals surface area contributed by atoms with Crippen LogP contribution in [-0.2, 0) is 19.1 Å². The molecule has 4 heteroatoms. The van der Waals surface area contributed by atoms with E-state index in [1.54, 1.807) is 13.8 Å². The molecule has 0 atom stereocenters. The van der Waals surface area contributed by atoms with Gasteiger partial charge in [-0.05, 0) is 13.8 Å². The Morgan fingerprint density at radius 1 is 0.750 bits per heavy atom. The molecule has 0 rings (SSSR count). The van der Waals surface area contributed by atoms with Gasteiger partial charge in [-0.3, -0.25) is 9.59 Å². The monoisotopic (exact) mass is 224 g/mol. The Balaban J connectivity index is 5.43. The van der Waals surface area contributed by atoms with Crippen LogP contribution in [0.3, 0.4) is 0 Å². The summed E-state index contributed by atoms with van der Waals surface area (Å²) < 4.78 is 10.2. The molecular weight excluding hydrogens is 208 g/mol. The van der Waals surface area contributed by atoms with Crippen LogP contribution in [0, 0.1) is 0 Å². The molecule has 0 radical (unpaired) electrons. The van der Waals surface area contributed by atoms with Gasteiger partial charge in [0.15, 0.2) is 11.6 Å². The standard InChI is InChI=1S/C12H16O4/c1-7(2)15-11(9(5)13)12(10(6)14)16-8(3)4/h1,3H2,2,4-6H3/b12-11-. The average molecular weight is 224 g/mol. The van der Waals surface area contributed by atoms with Gasteiger partial charge in [-0.15, -0.1) is 0 Å². The Kier molecular flexibility index (Phi) is 5.22. The van der Waals surface area contributed by atoms with E-state index in [4.69, 9.17) is 9.47 Å². The van der Waals surface area contributed by atoms with E-state index in [0.717, 1.165) is 0 Å². The highest BCUT2D eigenvalue weighted by atomic mass is 16.5. The summed E-state index contributed by atoms with van der Waals surface area (Å²) in [5, 5.41) is 0. The van der Waals surface area contributed by atoms with Crippen molar-refractivity contribution in [2.24, 2.45) is 0 Å². The second kappa shape index (κ2) is 5.90. The van der Waals surface area contributed by atoms with Crippen LogP contribution in [0.15, 0.2) is 36.2 Å². The molecule has 0 aromatic carbocycles. The average Bonchev–Trinajstić information content (AvgIpc) is 2.09. The highest BCUT2D eigenvalue weighted by Crippen LogP contribution is 2.16. The van der Waals surface area contributed by atoms with E-state index in [1.807, 2.05) is 0 Å². The van der Waals surface area contributed by atoms with Gasteiger partial charge in [0.25, 0.3) is 0 Å². The number of carbonyl (C=O) groups excluding carboxylic acids is 2. The van der Waals surface area contributed by atoms with Crippen molar-refractivity contribution in [3.63, 3.8) is 0 Å². The third kappa shape index (κ3) is 4.59. The topological polar surface area (TPSA) is 52.6 Å². The predicted octanol–water partition coefficient (Wildman–Crippen LogP) is 2.48. The van der Waals surface area contributed by atoms with Gasteiger partial charge < -0.3 is 9.47 Å². The van der Waals surface area contributed by atoms with Crippen LogP contribution in [0.4, 0.5) is 0 Å². The minimum atomic E-state index is -0.408. The lowest BCUT2D eigenvalue weighted by Crippen LogP contribution is -2.12. The van der Waals surface area contributed by atoms with Gasteiger partial charge in [-0.25, -0.2) is 0 Å². The maximum Gasteiger partial charge on any atom is 0.215 e. The van der Waals surface area contributed by atoms with E-state index in [-0.39, 0.29) is 11.5 Å². The third-order valence-corrected chi connectivity index (χ3v) is 1.40. The first kappa shape index (κ1) is 14.2. The molecule has 0 N–H and O–H groups in total. The Morgan fingerprint density at radius 3 is 1.12 bits per heavy atom. The maximum absolute atomic E-state index is 11.3. The van der Waals surface area contributed by atoms with Crippen molar-refractivity contribution in [3.05, 3.63) is 36.2 Å². The molecule has 0 aliphatic rings. The molecule has 16 heavy (non-hydrogen) atoms. The Labute approximate surface area is 95.2 Å². The molecule has 0 heterocycles. The molecule has 0 spiro atoms. The predicted molar refractivity (Wildman–Crippen MR) is 60.2 cm³/mol. The molecule has 0 bridgehead atoms. The van der Waals surface area contributed by atoms with E-state index < -0.39 is 11.6 Å². The summed E-state index contributed by atoms with van der Waals surface area (Å²) in [7, 11) is 0. The molecule has 0 unspecified atom stereocenters. The fourth-order valence-electron chi connectivity index (χ4n) is 0.905. The largest absolute Gasteiger partial charge is 0.455 e. The number of hydrogen-bond donors (Lipinski definition) is 0. The van der Waals surface area contributed by atoms with Crippen LogP contribution in [-0.4, -0.2) is 11.6 Å². The quantitative estimate of drug-likeness (QED) is 0.513. The normalized spacial score (nSPS) is 11.2. The number of Topliss-reactive ketones (excluding diaryl/α,β-unsaturated/α-hetero) is 2. The highest BCUT2D eigenvalue weighted by Gasteiger charge is 2.20. The van der Waals surface area contributed by atoms with E-state index in [0.29, 0.717) is 11.5 Å². The second-order valence-electron chi connectivity index (χ2n) is 3.38. The van der Waals surface area contributed by atoms with Crippen molar-refractivity contribution in [1.82, 2.24) is 0 Å². The summed E-state index contributed by atoms with van der Waals surface area (Å²) >= 11 is 0. The van der Waals surface area contributed by atoms with Gasteiger partial charge in [-0.2, -0.15) is 0 Å².